The number of pyridine rings is 1. The number of rotatable bonds is 8. The maximum atomic E-state index is 13.6. The molecule has 2 saturated heterocycles. The lowest BCUT2D eigenvalue weighted by atomic mass is 10.0. The van der Waals surface area contributed by atoms with Crippen LogP contribution in [0.4, 0.5) is 0 Å². The Hall–Kier alpha value is -3.80. The molecular formula is C30H35N7O4. The van der Waals surface area contributed by atoms with Gasteiger partial charge in [0.2, 0.25) is 6.79 Å². The third kappa shape index (κ3) is 5.32. The van der Waals surface area contributed by atoms with Crippen molar-refractivity contribution < 1.29 is 14.2 Å². The van der Waals surface area contributed by atoms with E-state index >= 15 is 0 Å². The molecule has 3 aliphatic heterocycles. The smallest absolute Gasteiger partial charge is 0.253 e. The normalized spacial score (nSPS) is 20.2. The van der Waals surface area contributed by atoms with Gasteiger partial charge in [-0.25, -0.2) is 4.68 Å². The van der Waals surface area contributed by atoms with Crippen molar-refractivity contribution in [1.82, 2.24) is 35.0 Å². The highest BCUT2D eigenvalue weighted by Crippen LogP contribution is 2.33. The molecule has 214 valence electrons. The van der Waals surface area contributed by atoms with Crippen LogP contribution in [0.2, 0.25) is 0 Å². The molecule has 4 aromatic rings. The van der Waals surface area contributed by atoms with Crippen LogP contribution in [0.3, 0.4) is 0 Å². The quantitative estimate of drug-likeness (QED) is 0.350. The highest BCUT2D eigenvalue weighted by atomic mass is 16.7. The molecule has 2 aromatic heterocycles. The molecule has 2 fully saturated rings. The molecule has 3 aliphatic rings. The summed E-state index contributed by atoms with van der Waals surface area (Å²) in [5.74, 6) is 2.29. The highest BCUT2D eigenvalue weighted by molar-refractivity contribution is 5.80. The molecule has 11 heteroatoms. The zero-order chi connectivity index (χ0) is 27.8. The number of fused-ring (bicyclic) bond motifs is 2. The van der Waals surface area contributed by atoms with Gasteiger partial charge in [-0.15, -0.1) is 5.10 Å². The number of nitrogens with one attached hydrogen (secondary N) is 1. The number of hydrogen-bond acceptors (Lipinski definition) is 9. The van der Waals surface area contributed by atoms with Crippen molar-refractivity contribution in [2.75, 3.05) is 39.6 Å². The predicted molar refractivity (Wildman–Crippen MR) is 152 cm³/mol. The fourth-order valence-corrected chi connectivity index (χ4v) is 6.19. The Morgan fingerprint density at radius 1 is 1.02 bits per heavy atom. The number of piperazine rings is 1. The number of tetrazole rings is 1. The number of aromatic amines is 1. The van der Waals surface area contributed by atoms with E-state index in [0.29, 0.717) is 17.9 Å². The fraction of sp³-hybridized carbons (Fsp3) is 0.467. The maximum Gasteiger partial charge on any atom is 0.253 e. The lowest BCUT2D eigenvalue weighted by molar-refractivity contribution is 0.0840. The van der Waals surface area contributed by atoms with Crippen molar-refractivity contribution in [3.63, 3.8) is 0 Å². The van der Waals surface area contributed by atoms with Crippen molar-refractivity contribution in [2.24, 2.45) is 0 Å². The van der Waals surface area contributed by atoms with Crippen molar-refractivity contribution in [3.05, 3.63) is 75.3 Å². The topological polar surface area (TPSA) is 111 Å². The third-order valence-electron chi connectivity index (χ3n) is 8.46. The summed E-state index contributed by atoms with van der Waals surface area (Å²) in [4.78, 5) is 21.5. The Balaban J connectivity index is 1.18. The van der Waals surface area contributed by atoms with Crippen molar-refractivity contribution in [1.29, 1.82) is 0 Å². The van der Waals surface area contributed by atoms with E-state index in [1.165, 1.54) is 11.1 Å². The molecule has 41 heavy (non-hydrogen) atoms. The number of H-pyrrole nitrogens is 1. The van der Waals surface area contributed by atoms with E-state index < -0.39 is 0 Å². The highest BCUT2D eigenvalue weighted by Gasteiger charge is 2.33. The molecule has 1 N–H and O–H groups in total. The molecule has 0 unspecified atom stereocenters. The number of aromatic nitrogens is 5. The van der Waals surface area contributed by atoms with Crippen LogP contribution in [0.25, 0.3) is 10.9 Å². The van der Waals surface area contributed by atoms with Crippen LogP contribution < -0.4 is 15.0 Å². The van der Waals surface area contributed by atoms with Gasteiger partial charge in [-0.3, -0.25) is 14.6 Å². The molecule has 0 radical (unpaired) electrons. The minimum atomic E-state index is -0.377. The minimum Gasteiger partial charge on any atom is -0.454 e. The van der Waals surface area contributed by atoms with Gasteiger partial charge in [0.1, 0.15) is 6.04 Å². The first-order valence-electron chi connectivity index (χ1n) is 14.5. The molecule has 0 spiro atoms. The number of ether oxygens (including phenoxy) is 3. The number of benzene rings is 2. The zero-order valence-electron chi connectivity index (χ0n) is 23.3. The average molecular weight is 558 g/mol. The first kappa shape index (κ1) is 26.1. The van der Waals surface area contributed by atoms with Gasteiger partial charge in [0.05, 0.1) is 12.6 Å². The summed E-state index contributed by atoms with van der Waals surface area (Å²) >= 11 is 0. The van der Waals surface area contributed by atoms with E-state index in [0.717, 1.165) is 81.0 Å². The summed E-state index contributed by atoms with van der Waals surface area (Å²) in [5.41, 5.74) is 3.81. The van der Waals surface area contributed by atoms with Gasteiger partial charge >= 0.3 is 0 Å². The second-order valence-corrected chi connectivity index (χ2v) is 11.1. The van der Waals surface area contributed by atoms with Gasteiger partial charge in [0.15, 0.2) is 17.3 Å². The van der Waals surface area contributed by atoms with Gasteiger partial charge < -0.3 is 19.2 Å². The lowest BCUT2D eigenvalue weighted by Gasteiger charge is -2.38. The SMILES string of the molecule is CCc1ccc2[nH]c(=O)c([C@@H](c3nnnn3C[C@H]3CCCO3)N3CCN(Cc4ccc5c(c4)OCO5)CC3)cc2c1. The van der Waals surface area contributed by atoms with Crippen LogP contribution in [-0.4, -0.2) is 80.7 Å². The van der Waals surface area contributed by atoms with Gasteiger partial charge in [-0.05, 0) is 76.5 Å². The number of nitrogens with zero attached hydrogens (tertiary/aromatic N) is 6. The molecule has 0 bridgehead atoms. The summed E-state index contributed by atoms with van der Waals surface area (Å²) in [6, 6.07) is 14.0. The van der Waals surface area contributed by atoms with Crippen molar-refractivity contribution in [3.8, 4) is 11.5 Å². The van der Waals surface area contributed by atoms with Crippen LogP contribution in [0, 0.1) is 0 Å². The Morgan fingerprint density at radius 3 is 2.71 bits per heavy atom. The maximum absolute atomic E-state index is 13.6. The van der Waals surface area contributed by atoms with Crippen LogP contribution in [0.15, 0.2) is 47.3 Å². The summed E-state index contributed by atoms with van der Waals surface area (Å²) in [5, 5.41) is 13.9. The van der Waals surface area contributed by atoms with E-state index in [4.69, 9.17) is 14.2 Å². The van der Waals surface area contributed by atoms with Crippen molar-refractivity contribution in [2.45, 2.75) is 51.4 Å². The standard InChI is InChI=1S/C30H35N7O4/c1-2-20-5-7-25-22(14-20)16-24(30(38)31-25)28(29-32-33-34-37(29)18-23-4-3-13-39-23)36-11-9-35(10-12-36)17-21-6-8-26-27(15-21)41-19-40-26/h5-8,14-16,23,28H,2-4,9-13,17-19H2,1H3,(H,31,38)/t23-,28+/m1/s1. The lowest BCUT2D eigenvalue weighted by Crippen LogP contribution is -2.48. The van der Waals surface area contributed by atoms with Crippen LogP contribution in [0.5, 0.6) is 11.5 Å². The molecule has 0 amide bonds. The van der Waals surface area contributed by atoms with E-state index in [9.17, 15) is 4.79 Å². The summed E-state index contributed by atoms with van der Waals surface area (Å²) < 4.78 is 18.8. The summed E-state index contributed by atoms with van der Waals surface area (Å²) in [6.07, 6.45) is 3.04. The molecule has 0 aliphatic carbocycles. The van der Waals surface area contributed by atoms with E-state index in [-0.39, 0.29) is 24.5 Å². The van der Waals surface area contributed by atoms with Crippen LogP contribution >= 0.6 is 0 Å². The fourth-order valence-electron chi connectivity index (χ4n) is 6.19. The zero-order valence-corrected chi connectivity index (χ0v) is 23.3. The van der Waals surface area contributed by atoms with E-state index in [1.54, 1.807) is 0 Å². The predicted octanol–water partition coefficient (Wildman–Crippen LogP) is 2.89. The van der Waals surface area contributed by atoms with Gasteiger partial charge in [0, 0.05) is 50.4 Å². The van der Waals surface area contributed by atoms with E-state index in [2.05, 4.69) is 61.5 Å². The summed E-state index contributed by atoms with van der Waals surface area (Å²) in [6.45, 7) is 7.83. The first-order valence-corrected chi connectivity index (χ1v) is 14.5. The Kier molecular flexibility index (Phi) is 7.15. The molecule has 5 heterocycles. The largest absolute Gasteiger partial charge is 0.454 e. The molecular weight excluding hydrogens is 522 g/mol. The Bertz CT molecular complexity index is 1590. The van der Waals surface area contributed by atoms with Crippen molar-refractivity contribution >= 4 is 10.9 Å². The molecule has 7 rings (SSSR count). The van der Waals surface area contributed by atoms with Crippen LogP contribution in [-0.2, 0) is 24.2 Å². The average Bonchev–Trinajstić information content (AvgIpc) is 3.77. The molecule has 2 atom stereocenters. The van der Waals surface area contributed by atoms with Crippen LogP contribution in [0.1, 0.15) is 48.3 Å². The first-order chi connectivity index (χ1) is 20.1. The molecule has 11 nitrogen and oxygen atoms in total. The monoisotopic (exact) mass is 557 g/mol. The number of aryl methyl sites for hydroxylation is 1. The minimum absolute atomic E-state index is 0.0819. The summed E-state index contributed by atoms with van der Waals surface area (Å²) in [7, 11) is 0. The van der Waals surface area contributed by atoms with Gasteiger partial charge in [-0.1, -0.05) is 19.1 Å². The van der Waals surface area contributed by atoms with E-state index in [1.807, 2.05) is 22.9 Å². The van der Waals surface area contributed by atoms with Gasteiger partial charge in [-0.2, -0.15) is 0 Å². The molecule has 2 aromatic carbocycles. The van der Waals surface area contributed by atoms with Gasteiger partial charge in [0.25, 0.3) is 5.56 Å². The molecule has 0 saturated carbocycles. The number of hydrogen-bond donors (Lipinski definition) is 1. The second-order valence-electron chi connectivity index (χ2n) is 11.1. The third-order valence-corrected chi connectivity index (χ3v) is 8.46. The Labute approximate surface area is 238 Å². The second kappa shape index (κ2) is 11.2. The Morgan fingerprint density at radius 2 is 1.88 bits per heavy atom.